The molecular formula is C35H60O4Si. The fraction of sp³-hybridized carbons (Fsp3) is 0.771. The van der Waals surface area contributed by atoms with Crippen molar-refractivity contribution in [2.24, 2.45) is 11.8 Å². The summed E-state index contributed by atoms with van der Waals surface area (Å²) in [4.78, 5) is 0. The molecule has 2 aliphatic rings. The number of hydrogen-bond acceptors (Lipinski definition) is 4. The minimum absolute atomic E-state index is 0.177. The van der Waals surface area contributed by atoms with Gasteiger partial charge in [0.1, 0.15) is 0 Å². The molecule has 1 spiro atoms. The zero-order valence-electron chi connectivity index (χ0n) is 27.3. The zero-order valence-corrected chi connectivity index (χ0v) is 28.3. The summed E-state index contributed by atoms with van der Waals surface area (Å²) in [5, 5.41) is 0.232. The van der Waals surface area contributed by atoms with Crippen LogP contribution < -0.4 is 0 Å². The average Bonchev–Trinajstić information content (AvgIpc) is 2.89. The van der Waals surface area contributed by atoms with E-state index in [1.165, 1.54) is 24.0 Å². The standard InChI is InChI=1S/C35H60O4Si/c1-27(25-29(3)30(4)39-40(8,9)34(5,6)7)19-20-32-17-13-22-35(37-32)23-21-28(2)33(38-35)18-14-24-36-26-31-15-11-10-12-16-31/h10-12,15-16,25,27-28,30,32-33H,13-14,17-24,26H2,1-9H3/b29-25+/t27-,28-,30-,32-,33+,35-/m0/s1. The van der Waals surface area contributed by atoms with Gasteiger partial charge in [0.2, 0.25) is 0 Å². The second-order valence-corrected chi connectivity index (χ2v) is 19.1. The summed E-state index contributed by atoms with van der Waals surface area (Å²) in [6.45, 7) is 22.2. The van der Waals surface area contributed by atoms with E-state index in [4.69, 9.17) is 18.6 Å². The molecule has 3 rings (SSSR count). The summed E-state index contributed by atoms with van der Waals surface area (Å²) >= 11 is 0. The van der Waals surface area contributed by atoms with Crippen LogP contribution in [-0.4, -0.2) is 39.0 Å². The van der Waals surface area contributed by atoms with Crippen molar-refractivity contribution in [3.63, 3.8) is 0 Å². The molecule has 2 fully saturated rings. The van der Waals surface area contributed by atoms with Crippen molar-refractivity contribution >= 4 is 8.32 Å². The average molecular weight is 573 g/mol. The molecular weight excluding hydrogens is 512 g/mol. The Morgan fingerprint density at radius 1 is 1.07 bits per heavy atom. The highest BCUT2D eigenvalue weighted by atomic mass is 28.4. The molecule has 2 aliphatic heterocycles. The lowest BCUT2D eigenvalue weighted by Gasteiger charge is -2.48. The zero-order chi connectivity index (χ0) is 29.4. The number of hydrogen-bond donors (Lipinski definition) is 0. The maximum absolute atomic E-state index is 6.80. The summed E-state index contributed by atoms with van der Waals surface area (Å²) in [6, 6.07) is 10.4. The Labute approximate surface area is 247 Å². The molecule has 228 valence electrons. The van der Waals surface area contributed by atoms with Crippen LogP contribution in [-0.2, 0) is 25.2 Å². The molecule has 0 unspecified atom stereocenters. The first-order valence-corrected chi connectivity index (χ1v) is 19.0. The summed E-state index contributed by atoms with van der Waals surface area (Å²) in [5.74, 6) is 0.723. The lowest BCUT2D eigenvalue weighted by Crippen LogP contribution is -2.50. The van der Waals surface area contributed by atoms with E-state index in [-0.39, 0.29) is 23.0 Å². The van der Waals surface area contributed by atoms with Crippen LogP contribution in [0.4, 0.5) is 0 Å². The quantitative estimate of drug-likeness (QED) is 0.134. The first kappa shape index (κ1) is 33.5. The van der Waals surface area contributed by atoms with Gasteiger partial charge in [-0.15, -0.1) is 0 Å². The van der Waals surface area contributed by atoms with Gasteiger partial charge in [-0.05, 0) is 99.9 Å². The molecule has 1 aromatic carbocycles. The van der Waals surface area contributed by atoms with Crippen molar-refractivity contribution in [3.8, 4) is 0 Å². The van der Waals surface area contributed by atoms with E-state index >= 15 is 0 Å². The second kappa shape index (κ2) is 15.0. The number of rotatable bonds is 13. The van der Waals surface area contributed by atoms with Crippen LogP contribution in [0, 0.1) is 11.8 Å². The van der Waals surface area contributed by atoms with Gasteiger partial charge < -0.3 is 18.6 Å². The molecule has 5 heteroatoms. The topological polar surface area (TPSA) is 36.9 Å². The Morgan fingerprint density at radius 2 is 1.80 bits per heavy atom. The molecule has 0 bridgehead atoms. The van der Waals surface area contributed by atoms with E-state index in [2.05, 4.69) is 91.9 Å². The highest BCUT2D eigenvalue weighted by molar-refractivity contribution is 6.74. The molecule has 0 radical (unpaired) electrons. The Kier molecular flexibility index (Phi) is 12.5. The molecule has 40 heavy (non-hydrogen) atoms. The molecule has 2 heterocycles. The van der Waals surface area contributed by atoms with Crippen LogP contribution in [0.15, 0.2) is 42.0 Å². The molecule has 0 N–H and O–H groups in total. The molecule has 0 aliphatic carbocycles. The van der Waals surface area contributed by atoms with E-state index in [1.54, 1.807) is 0 Å². The Hall–Kier alpha value is -0.983. The van der Waals surface area contributed by atoms with Crippen molar-refractivity contribution < 1.29 is 18.6 Å². The predicted molar refractivity (Wildman–Crippen MR) is 170 cm³/mol. The fourth-order valence-corrected chi connectivity index (χ4v) is 7.32. The lowest BCUT2D eigenvalue weighted by atomic mass is 9.85. The third kappa shape index (κ3) is 10.1. The molecule has 4 nitrogen and oxygen atoms in total. The Morgan fingerprint density at radius 3 is 2.50 bits per heavy atom. The van der Waals surface area contributed by atoms with Crippen molar-refractivity contribution in [3.05, 3.63) is 47.5 Å². The van der Waals surface area contributed by atoms with Crippen molar-refractivity contribution in [2.45, 2.75) is 155 Å². The molecule has 0 saturated carbocycles. The van der Waals surface area contributed by atoms with Gasteiger partial charge in [-0.25, -0.2) is 0 Å². The monoisotopic (exact) mass is 572 g/mol. The molecule has 0 amide bonds. The molecule has 1 aromatic rings. The van der Waals surface area contributed by atoms with Crippen LogP contribution in [0.1, 0.15) is 112 Å². The smallest absolute Gasteiger partial charge is 0.192 e. The van der Waals surface area contributed by atoms with Gasteiger partial charge in [0, 0.05) is 19.4 Å². The third-order valence-electron chi connectivity index (χ3n) is 9.75. The van der Waals surface area contributed by atoms with Gasteiger partial charge in [-0.3, -0.25) is 0 Å². The van der Waals surface area contributed by atoms with Gasteiger partial charge in [-0.1, -0.05) is 71.0 Å². The van der Waals surface area contributed by atoms with Gasteiger partial charge in [0.05, 0.1) is 24.9 Å². The first-order chi connectivity index (χ1) is 18.8. The maximum Gasteiger partial charge on any atom is 0.192 e. The van der Waals surface area contributed by atoms with Crippen LogP contribution in [0.2, 0.25) is 18.1 Å². The number of benzene rings is 1. The lowest BCUT2D eigenvalue weighted by molar-refractivity contribution is -0.324. The van der Waals surface area contributed by atoms with Crippen molar-refractivity contribution in [2.75, 3.05) is 6.61 Å². The molecule has 0 aromatic heterocycles. The van der Waals surface area contributed by atoms with Crippen LogP contribution in [0.3, 0.4) is 0 Å². The minimum atomic E-state index is -1.77. The fourth-order valence-electron chi connectivity index (χ4n) is 5.90. The van der Waals surface area contributed by atoms with Gasteiger partial charge >= 0.3 is 0 Å². The number of ether oxygens (including phenoxy) is 3. The summed E-state index contributed by atoms with van der Waals surface area (Å²) in [6.07, 6.45) is 13.1. The van der Waals surface area contributed by atoms with Crippen LogP contribution in [0.25, 0.3) is 0 Å². The van der Waals surface area contributed by atoms with Crippen LogP contribution in [0.5, 0.6) is 0 Å². The van der Waals surface area contributed by atoms with E-state index in [9.17, 15) is 0 Å². The molecule has 2 saturated heterocycles. The third-order valence-corrected chi connectivity index (χ3v) is 14.3. The normalized spacial score (nSPS) is 28.0. The highest BCUT2D eigenvalue weighted by Crippen LogP contribution is 2.43. The first-order valence-electron chi connectivity index (χ1n) is 16.1. The summed E-state index contributed by atoms with van der Waals surface area (Å²) < 4.78 is 26.2. The highest BCUT2D eigenvalue weighted by Gasteiger charge is 2.44. The second-order valence-electron chi connectivity index (χ2n) is 14.4. The predicted octanol–water partition coefficient (Wildman–Crippen LogP) is 9.84. The van der Waals surface area contributed by atoms with E-state index < -0.39 is 8.32 Å². The van der Waals surface area contributed by atoms with Crippen molar-refractivity contribution in [1.82, 2.24) is 0 Å². The van der Waals surface area contributed by atoms with Crippen molar-refractivity contribution in [1.29, 1.82) is 0 Å². The summed E-state index contributed by atoms with van der Waals surface area (Å²) in [5.41, 5.74) is 2.60. The maximum atomic E-state index is 6.80. The van der Waals surface area contributed by atoms with E-state index in [0.29, 0.717) is 24.5 Å². The van der Waals surface area contributed by atoms with Crippen LogP contribution >= 0.6 is 0 Å². The van der Waals surface area contributed by atoms with E-state index in [1.807, 2.05) is 6.07 Å². The largest absolute Gasteiger partial charge is 0.411 e. The number of allylic oxidation sites excluding steroid dienone is 1. The molecule has 6 atom stereocenters. The van der Waals surface area contributed by atoms with Gasteiger partial charge in [-0.2, -0.15) is 0 Å². The van der Waals surface area contributed by atoms with E-state index in [0.717, 1.165) is 51.6 Å². The van der Waals surface area contributed by atoms with Gasteiger partial charge in [0.15, 0.2) is 14.1 Å². The SMILES string of the molecule is C/C(=C\[C@@H](C)CC[C@@H]1CCC[C@]2(CC[C@H](C)[C@@H](CCCOCc3ccccc3)O2)O1)[C@H](C)O[Si](C)(C)C(C)(C)C. The summed E-state index contributed by atoms with van der Waals surface area (Å²) in [7, 11) is -1.77. The minimum Gasteiger partial charge on any atom is -0.411 e. The Balaban J connectivity index is 1.43. The Bertz CT molecular complexity index is 908. The van der Waals surface area contributed by atoms with Gasteiger partial charge in [0.25, 0.3) is 0 Å².